The van der Waals surface area contributed by atoms with E-state index in [0.29, 0.717) is 11.3 Å². The topological polar surface area (TPSA) is 45.0 Å². The molecule has 2 aromatic carbocycles. The number of rotatable bonds is 4. The van der Waals surface area contributed by atoms with Crippen molar-refractivity contribution in [2.75, 3.05) is 7.05 Å². The summed E-state index contributed by atoms with van der Waals surface area (Å²) in [7, 11) is 1.91. The lowest BCUT2D eigenvalue weighted by Crippen LogP contribution is -2.04. The van der Waals surface area contributed by atoms with Crippen LogP contribution in [-0.4, -0.2) is 7.05 Å². The van der Waals surface area contributed by atoms with Crippen molar-refractivity contribution in [3.8, 4) is 17.6 Å². The second-order valence-corrected chi connectivity index (χ2v) is 4.94. The average molecular weight is 317 g/mol. The quantitative estimate of drug-likeness (QED) is 0.932. The van der Waals surface area contributed by atoms with E-state index < -0.39 is 0 Å². The van der Waals surface area contributed by atoms with Gasteiger partial charge in [-0.05, 0) is 42.9 Å². The van der Waals surface area contributed by atoms with E-state index in [2.05, 4.69) is 27.3 Å². The predicted molar refractivity (Wildman–Crippen MR) is 78.1 cm³/mol. The summed E-state index contributed by atoms with van der Waals surface area (Å²) in [6.45, 7) is 0.821. The fourth-order valence-electron chi connectivity index (χ4n) is 1.69. The van der Waals surface area contributed by atoms with Gasteiger partial charge < -0.3 is 10.1 Å². The molecule has 2 aromatic rings. The molecule has 0 unspecified atom stereocenters. The van der Waals surface area contributed by atoms with Gasteiger partial charge in [-0.2, -0.15) is 5.26 Å². The highest BCUT2D eigenvalue weighted by Crippen LogP contribution is 2.27. The second kappa shape index (κ2) is 6.37. The number of hydrogen-bond acceptors (Lipinski definition) is 3. The molecule has 0 saturated heterocycles. The van der Waals surface area contributed by atoms with Crippen LogP contribution in [-0.2, 0) is 6.54 Å². The largest absolute Gasteiger partial charge is 0.456 e. The number of nitrogens with one attached hydrogen (secondary N) is 1. The van der Waals surface area contributed by atoms with Gasteiger partial charge in [0, 0.05) is 11.0 Å². The lowest BCUT2D eigenvalue weighted by Gasteiger charge is -2.08. The Balaban J connectivity index is 2.19. The maximum absolute atomic E-state index is 9.08. The zero-order valence-corrected chi connectivity index (χ0v) is 12.1. The molecule has 0 fully saturated rings. The molecule has 96 valence electrons. The molecule has 19 heavy (non-hydrogen) atoms. The minimum Gasteiger partial charge on any atom is -0.456 e. The first-order valence-electron chi connectivity index (χ1n) is 5.84. The minimum atomic E-state index is 0.508. The number of ether oxygens (including phenoxy) is 1. The molecule has 0 saturated carbocycles. The molecule has 0 atom stereocenters. The van der Waals surface area contributed by atoms with E-state index >= 15 is 0 Å². The molecule has 2 rings (SSSR count). The highest BCUT2D eigenvalue weighted by atomic mass is 79.9. The van der Waals surface area contributed by atoms with E-state index in [-0.39, 0.29) is 0 Å². The van der Waals surface area contributed by atoms with E-state index in [1.165, 1.54) is 5.56 Å². The van der Waals surface area contributed by atoms with E-state index in [1.807, 2.05) is 37.4 Å². The number of nitriles is 1. The van der Waals surface area contributed by atoms with Crippen LogP contribution in [0.5, 0.6) is 11.5 Å². The number of nitrogens with zero attached hydrogens (tertiary/aromatic N) is 1. The Kier molecular flexibility index (Phi) is 4.56. The van der Waals surface area contributed by atoms with Gasteiger partial charge in [0.15, 0.2) is 0 Å². The zero-order valence-electron chi connectivity index (χ0n) is 10.5. The Hall–Kier alpha value is -1.83. The maximum Gasteiger partial charge on any atom is 0.145 e. The van der Waals surface area contributed by atoms with E-state index in [4.69, 9.17) is 10.00 Å². The summed E-state index contributed by atoms with van der Waals surface area (Å²) in [6.07, 6.45) is 0. The molecule has 0 aliphatic heterocycles. The van der Waals surface area contributed by atoms with Crippen molar-refractivity contribution < 1.29 is 4.74 Å². The van der Waals surface area contributed by atoms with Gasteiger partial charge in [0.25, 0.3) is 0 Å². The number of benzene rings is 2. The smallest absolute Gasteiger partial charge is 0.145 e. The molecule has 4 heteroatoms. The summed E-state index contributed by atoms with van der Waals surface area (Å²) in [6, 6.07) is 15.3. The zero-order chi connectivity index (χ0) is 13.7. The first-order valence-corrected chi connectivity index (χ1v) is 6.63. The molecule has 0 aliphatic carbocycles. The third-order valence-electron chi connectivity index (χ3n) is 2.59. The summed E-state index contributed by atoms with van der Waals surface area (Å²) < 4.78 is 6.59. The molecule has 0 amide bonds. The van der Waals surface area contributed by atoms with Gasteiger partial charge in [-0.25, -0.2) is 0 Å². The maximum atomic E-state index is 9.08. The van der Waals surface area contributed by atoms with E-state index in [9.17, 15) is 0 Å². The van der Waals surface area contributed by atoms with Crippen LogP contribution >= 0.6 is 15.9 Å². The van der Waals surface area contributed by atoms with Crippen molar-refractivity contribution in [1.82, 2.24) is 5.32 Å². The van der Waals surface area contributed by atoms with Gasteiger partial charge in [-0.1, -0.05) is 28.1 Å². The Bertz CT molecular complexity index is 603. The van der Waals surface area contributed by atoms with Crippen molar-refractivity contribution in [1.29, 1.82) is 5.26 Å². The van der Waals surface area contributed by atoms with Crippen LogP contribution in [0.4, 0.5) is 0 Å². The molecule has 0 bridgehead atoms. The van der Waals surface area contributed by atoms with Crippen LogP contribution < -0.4 is 10.1 Å². The molecule has 0 aliphatic rings. The molecular formula is C15H13BrN2O. The van der Waals surface area contributed by atoms with Crippen molar-refractivity contribution in [3.63, 3.8) is 0 Å². The van der Waals surface area contributed by atoms with Crippen LogP contribution in [0.2, 0.25) is 0 Å². The number of halogens is 1. The monoisotopic (exact) mass is 316 g/mol. The molecule has 0 spiro atoms. The minimum absolute atomic E-state index is 0.508. The first kappa shape index (κ1) is 13.6. The Morgan fingerprint density at radius 2 is 1.95 bits per heavy atom. The molecule has 0 heterocycles. The first-order chi connectivity index (χ1) is 9.22. The lowest BCUT2D eigenvalue weighted by molar-refractivity contribution is 0.480. The van der Waals surface area contributed by atoms with Crippen molar-refractivity contribution in [2.45, 2.75) is 6.54 Å². The molecular weight excluding hydrogens is 304 g/mol. The van der Waals surface area contributed by atoms with E-state index in [0.717, 1.165) is 16.8 Å². The van der Waals surface area contributed by atoms with Gasteiger partial charge in [0.1, 0.15) is 17.6 Å². The predicted octanol–water partition coefficient (Wildman–Crippen LogP) is 3.83. The summed E-state index contributed by atoms with van der Waals surface area (Å²) in [5.41, 5.74) is 1.69. The van der Waals surface area contributed by atoms with Gasteiger partial charge in [-0.3, -0.25) is 0 Å². The van der Waals surface area contributed by atoms with Gasteiger partial charge >= 0.3 is 0 Å². The molecule has 0 aromatic heterocycles. The summed E-state index contributed by atoms with van der Waals surface area (Å²) >= 11 is 3.34. The van der Waals surface area contributed by atoms with Crippen LogP contribution in [0, 0.1) is 11.3 Å². The third-order valence-corrected chi connectivity index (χ3v) is 3.09. The Morgan fingerprint density at radius 1 is 1.21 bits per heavy atom. The normalized spacial score (nSPS) is 9.95. The van der Waals surface area contributed by atoms with Crippen LogP contribution in [0.15, 0.2) is 46.9 Å². The summed E-state index contributed by atoms with van der Waals surface area (Å²) in [5, 5.41) is 12.2. The average Bonchev–Trinajstić information content (AvgIpc) is 2.43. The summed E-state index contributed by atoms with van der Waals surface area (Å²) in [5.74, 6) is 1.28. The van der Waals surface area contributed by atoms with Crippen molar-refractivity contribution >= 4 is 15.9 Å². The van der Waals surface area contributed by atoms with Crippen LogP contribution in [0.1, 0.15) is 11.1 Å². The lowest BCUT2D eigenvalue weighted by atomic mass is 10.2. The highest BCUT2D eigenvalue weighted by Gasteiger charge is 2.05. The van der Waals surface area contributed by atoms with Crippen molar-refractivity contribution in [3.05, 3.63) is 58.1 Å². The SMILES string of the molecule is CNCc1ccc(Oc2ccc(Br)cc2C#N)cc1. The standard InChI is InChI=1S/C15H13BrN2O/c1-18-10-11-2-5-14(6-3-11)19-15-7-4-13(16)8-12(15)9-17/h2-8,18H,10H2,1H3. The molecule has 3 nitrogen and oxygen atoms in total. The second-order valence-electron chi connectivity index (χ2n) is 4.03. The van der Waals surface area contributed by atoms with Gasteiger partial charge in [0.05, 0.1) is 5.56 Å². The Labute approximate surface area is 121 Å². The fourth-order valence-corrected chi connectivity index (χ4v) is 2.05. The van der Waals surface area contributed by atoms with Crippen LogP contribution in [0.3, 0.4) is 0 Å². The fraction of sp³-hybridized carbons (Fsp3) is 0.133. The number of hydrogen-bond donors (Lipinski definition) is 1. The highest BCUT2D eigenvalue weighted by molar-refractivity contribution is 9.10. The van der Waals surface area contributed by atoms with Crippen molar-refractivity contribution in [2.24, 2.45) is 0 Å². The molecule has 1 N–H and O–H groups in total. The summed E-state index contributed by atoms with van der Waals surface area (Å²) in [4.78, 5) is 0. The van der Waals surface area contributed by atoms with E-state index in [1.54, 1.807) is 12.1 Å². The van der Waals surface area contributed by atoms with Gasteiger partial charge in [-0.15, -0.1) is 0 Å². The van der Waals surface area contributed by atoms with Crippen LogP contribution in [0.25, 0.3) is 0 Å². The molecule has 0 radical (unpaired) electrons. The Morgan fingerprint density at radius 3 is 2.58 bits per heavy atom. The van der Waals surface area contributed by atoms with Gasteiger partial charge in [0.2, 0.25) is 0 Å². The third kappa shape index (κ3) is 3.57.